The number of nitrogens with one attached hydrogen (secondary N) is 1. The van der Waals surface area contributed by atoms with Crippen molar-refractivity contribution in [1.29, 1.82) is 0 Å². The Morgan fingerprint density at radius 1 is 1.20 bits per heavy atom. The van der Waals surface area contributed by atoms with Crippen LogP contribution in [0.5, 0.6) is 0 Å². The van der Waals surface area contributed by atoms with E-state index in [-0.39, 0.29) is 18.6 Å². The van der Waals surface area contributed by atoms with Gasteiger partial charge in [-0.15, -0.1) is 0 Å². The number of benzene rings is 1. The van der Waals surface area contributed by atoms with Crippen LogP contribution in [0.1, 0.15) is 24.0 Å². The molecule has 0 radical (unpaired) electrons. The molecule has 2 aliphatic rings. The fourth-order valence-corrected chi connectivity index (χ4v) is 4.23. The summed E-state index contributed by atoms with van der Waals surface area (Å²) in [5.74, 6) is 0.0581. The number of aliphatic hydroxyl groups excluding tert-OH is 1. The molecule has 0 unspecified atom stereocenters. The maximum atomic E-state index is 12.4. The van der Waals surface area contributed by atoms with Crippen molar-refractivity contribution in [2.24, 2.45) is 5.92 Å². The molecule has 3 rings (SSSR count). The second-order valence-electron chi connectivity index (χ2n) is 5.58. The zero-order valence-corrected chi connectivity index (χ0v) is 12.1. The van der Waals surface area contributed by atoms with Gasteiger partial charge in [0.05, 0.1) is 4.90 Å². The summed E-state index contributed by atoms with van der Waals surface area (Å²) < 4.78 is 27.5. The van der Waals surface area contributed by atoms with Gasteiger partial charge in [0.1, 0.15) is 0 Å². The molecule has 1 aromatic carbocycles. The summed E-state index contributed by atoms with van der Waals surface area (Å²) in [6, 6.07) is 5.20. The third-order valence-corrected chi connectivity index (χ3v) is 5.58. The predicted octanol–water partition coefficient (Wildman–Crippen LogP) is 1.39. The van der Waals surface area contributed by atoms with Crippen LogP contribution in [0.25, 0.3) is 0 Å². The number of aryl methyl sites for hydroxylation is 2. The minimum absolute atomic E-state index is 0.0581. The molecule has 2 aliphatic carbocycles. The molecule has 5 heteroatoms. The first-order chi connectivity index (χ1) is 9.58. The smallest absolute Gasteiger partial charge is 0.241 e. The van der Waals surface area contributed by atoms with Crippen molar-refractivity contribution in [3.63, 3.8) is 0 Å². The molecular weight excluding hydrogens is 274 g/mol. The molecule has 108 valence electrons. The van der Waals surface area contributed by atoms with Gasteiger partial charge < -0.3 is 5.11 Å². The van der Waals surface area contributed by atoms with E-state index in [2.05, 4.69) is 4.72 Å². The van der Waals surface area contributed by atoms with E-state index in [4.69, 9.17) is 5.11 Å². The minimum atomic E-state index is -3.48. The van der Waals surface area contributed by atoms with Crippen molar-refractivity contribution >= 4 is 10.0 Å². The van der Waals surface area contributed by atoms with E-state index in [0.717, 1.165) is 24.8 Å². The first-order valence-electron chi connectivity index (χ1n) is 7.02. The fraction of sp³-hybridized carbons (Fsp3) is 0.467. The van der Waals surface area contributed by atoms with Gasteiger partial charge in [-0.1, -0.05) is 18.2 Å². The predicted molar refractivity (Wildman–Crippen MR) is 76.9 cm³/mol. The second-order valence-corrected chi connectivity index (χ2v) is 7.29. The summed E-state index contributed by atoms with van der Waals surface area (Å²) in [6.45, 7) is 0.0631. The number of aliphatic hydroxyl groups is 1. The zero-order valence-electron chi connectivity index (χ0n) is 11.2. The standard InChI is InChI=1S/C15H19NO3S/c17-10-11-4-6-14(8-11)16-20(18,19)15-7-5-12-2-1-3-13(12)9-15/h4-7,9,11,14,16-17H,1-3,8,10H2/t11-,14+/m0/s1. The van der Waals surface area contributed by atoms with Gasteiger partial charge in [-0.2, -0.15) is 0 Å². The molecule has 0 amide bonds. The quantitative estimate of drug-likeness (QED) is 0.825. The Balaban J connectivity index is 1.77. The van der Waals surface area contributed by atoms with E-state index in [9.17, 15) is 8.42 Å². The highest BCUT2D eigenvalue weighted by atomic mass is 32.2. The van der Waals surface area contributed by atoms with E-state index >= 15 is 0 Å². The number of fused-ring (bicyclic) bond motifs is 1. The molecule has 20 heavy (non-hydrogen) atoms. The van der Waals surface area contributed by atoms with Crippen LogP contribution in [0.15, 0.2) is 35.2 Å². The highest BCUT2D eigenvalue weighted by molar-refractivity contribution is 7.89. The van der Waals surface area contributed by atoms with Crippen molar-refractivity contribution in [3.8, 4) is 0 Å². The topological polar surface area (TPSA) is 66.4 Å². The van der Waals surface area contributed by atoms with Crippen LogP contribution in [-0.2, 0) is 22.9 Å². The normalized spacial score (nSPS) is 25.1. The Bertz CT molecular complexity index is 637. The number of sulfonamides is 1. The summed E-state index contributed by atoms with van der Waals surface area (Å²) in [4.78, 5) is 0.346. The Morgan fingerprint density at radius 3 is 2.75 bits per heavy atom. The molecule has 0 spiro atoms. The van der Waals surface area contributed by atoms with Gasteiger partial charge in [-0.25, -0.2) is 13.1 Å². The first-order valence-corrected chi connectivity index (χ1v) is 8.50. The molecule has 4 nitrogen and oxygen atoms in total. The fourth-order valence-electron chi connectivity index (χ4n) is 2.98. The van der Waals surface area contributed by atoms with Crippen LogP contribution >= 0.6 is 0 Å². The van der Waals surface area contributed by atoms with Crippen LogP contribution in [-0.4, -0.2) is 26.2 Å². The summed E-state index contributed by atoms with van der Waals surface area (Å²) >= 11 is 0. The summed E-state index contributed by atoms with van der Waals surface area (Å²) in [5.41, 5.74) is 2.42. The van der Waals surface area contributed by atoms with Crippen LogP contribution < -0.4 is 4.72 Å². The summed E-state index contributed by atoms with van der Waals surface area (Å²) in [6.07, 6.45) is 7.44. The van der Waals surface area contributed by atoms with Crippen molar-refractivity contribution in [3.05, 3.63) is 41.5 Å². The number of hydrogen-bond acceptors (Lipinski definition) is 3. The second kappa shape index (κ2) is 5.31. The molecule has 0 aromatic heterocycles. The zero-order chi connectivity index (χ0) is 14.2. The molecule has 0 fully saturated rings. The average molecular weight is 293 g/mol. The van der Waals surface area contributed by atoms with Gasteiger partial charge in [-0.05, 0) is 48.9 Å². The molecule has 2 N–H and O–H groups in total. The van der Waals surface area contributed by atoms with Crippen LogP contribution in [0.3, 0.4) is 0 Å². The van der Waals surface area contributed by atoms with E-state index in [1.54, 1.807) is 12.1 Å². The van der Waals surface area contributed by atoms with Gasteiger partial charge in [0, 0.05) is 18.6 Å². The molecule has 0 heterocycles. The van der Waals surface area contributed by atoms with Gasteiger partial charge in [0.2, 0.25) is 10.0 Å². The van der Waals surface area contributed by atoms with E-state index in [0.29, 0.717) is 11.3 Å². The highest BCUT2D eigenvalue weighted by Crippen LogP contribution is 2.25. The number of hydrogen-bond donors (Lipinski definition) is 2. The van der Waals surface area contributed by atoms with Gasteiger partial charge in [0.15, 0.2) is 0 Å². The van der Waals surface area contributed by atoms with Crippen LogP contribution in [0, 0.1) is 5.92 Å². The highest BCUT2D eigenvalue weighted by Gasteiger charge is 2.25. The largest absolute Gasteiger partial charge is 0.396 e. The van der Waals surface area contributed by atoms with Crippen molar-refractivity contribution in [1.82, 2.24) is 4.72 Å². The Kier molecular flexibility index (Phi) is 3.67. The summed E-state index contributed by atoms with van der Waals surface area (Å²) in [5, 5.41) is 9.08. The summed E-state index contributed by atoms with van der Waals surface area (Å²) in [7, 11) is -3.48. The molecule has 0 saturated heterocycles. The first kappa shape index (κ1) is 13.8. The Morgan fingerprint density at radius 2 is 2.00 bits per heavy atom. The van der Waals surface area contributed by atoms with Crippen molar-refractivity contribution in [2.45, 2.75) is 36.6 Å². The van der Waals surface area contributed by atoms with Crippen LogP contribution in [0.4, 0.5) is 0 Å². The SMILES string of the molecule is O=S(=O)(N[C@@H]1C=C[C@H](CO)C1)c1ccc2c(c1)CCC2. The lowest BCUT2D eigenvalue weighted by atomic mass is 10.1. The van der Waals surface area contributed by atoms with Crippen LogP contribution in [0.2, 0.25) is 0 Å². The van der Waals surface area contributed by atoms with E-state index in [1.807, 2.05) is 18.2 Å². The molecule has 0 aliphatic heterocycles. The Hall–Kier alpha value is -1.17. The average Bonchev–Trinajstić information content (AvgIpc) is 3.05. The lowest BCUT2D eigenvalue weighted by Gasteiger charge is -2.14. The van der Waals surface area contributed by atoms with Gasteiger partial charge in [0.25, 0.3) is 0 Å². The third kappa shape index (κ3) is 2.66. The molecule has 0 saturated carbocycles. The molecule has 2 atom stereocenters. The molecular formula is C15H19NO3S. The van der Waals surface area contributed by atoms with E-state index in [1.165, 1.54) is 5.56 Å². The lowest BCUT2D eigenvalue weighted by Crippen LogP contribution is -2.33. The number of rotatable bonds is 4. The molecule has 1 aromatic rings. The molecule has 0 bridgehead atoms. The van der Waals surface area contributed by atoms with Crippen molar-refractivity contribution < 1.29 is 13.5 Å². The van der Waals surface area contributed by atoms with E-state index < -0.39 is 10.0 Å². The minimum Gasteiger partial charge on any atom is -0.396 e. The third-order valence-electron chi connectivity index (χ3n) is 4.09. The lowest BCUT2D eigenvalue weighted by molar-refractivity contribution is 0.248. The Labute approximate surface area is 119 Å². The van der Waals surface area contributed by atoms with Crippen molar-refractivity contribution in [2.75, 3.05) is 6.61 Å². The van der Waals surface area contributed by atoms with Gasteiger partial charge in [-0.3, -0.25) is 0 Å². The maximum Gasteiger partial charge on any atom is 0.241 e. The van der Waals surface area contributed by atoms with Gasteiger partial charge >= 0.3 is 0 Å². The maximum absolute atomic E-state index is 12.4. The monoisotopic (exact) mass is 293 g/mol.